The highest BCUT2D eigenvalue weighted by Crippen LogP contribution is 2.30. The molecule has 2 N–H and O–H groups in total. The van der Waals surface area contributed by atoms with Crippen LogP contribution in [0.2, 0.25) is 0 Å². The number of hydrogen-bond acceptors (Lipinski definition) is 2. The number of nitrogens with two attached hydrogens (primary N) is 1. The average Bonchev–Trinajstić information content (AvgIpc) is 2.77. The van der Waals surface area contributed by atoms with Crippen LogP contribution in [0.3, 0.4) is 0 Å². The minimum absolute atomic E-state index is 0.689. The van der Waals surface area contributed by atoms with Gasteiger partial charge in [0.2, 0.25) is 0 Å². The zero-order chi connectivity index (χ0) is 14.1. The predicted octanol–water partition coefficient (Wildman–Crippen LogP) is 3.74. The molecule has 0 aliphatic heterocycles. The van der Waals surface area contributed by atoms with Crippen molar-refractivity contribution in [3.8, 4) is 16.9 Å². The molecule has 3 aromatic rings. The lowest BCUT2D eigenvalue weighted by atomic mass is 10.0. The summed E-state index contributed by atoms with van der Waals surface area (Å²) in [6.07, 6.45) is 0. The molecule has 3 rings (SSSR count). The van der Waals surface area contributed by atoms with Gasteiger partial charge in [0.1, 0.15) is 5.82 Å². The quantitative estimate of drug-likeness (QED) is 0.765. The molecule has 20 heavy (non-hydrogen) atoms. The fourth-order valence-electron chi connectivity index (χ4n) is 2.37. The molecule has 2 aromatic carbocycles. The number of hydrogen-bond donors (Lipinski definition) is 1. The smallest absolute Gasteiger partial charge is 0.130 e. The average molecular weight is 263 g/mol. The van der Waals surface area contributed by atoms with Gasteiger partial charge in [-0.15, -0.1) is 0 Å². The highest BCUT2D eigenvalue weighted by atomic mass is 15.3. The predicted molar refractivity (Wildman–Crippen MR) is 82.9 cm³/mol. The van der Waals surface area contributed by atoms with Gasteiger partial charge in [-0.2, -0.15) is 5.10 Å². The van der Waals surface area contributed by atoms with Crippen LogP contribution in [0.4, 0.5) is 5.82 Å². The number of anilines is 1. The van der Waals surface area contributed by atoms with Gasteiger partial charge in [-0.3, -0.25) is 0 Å². The summed E-state index contributed by atoms with van der Waals surface area (Å²) in [5.74, 6) is 0.689. The van der Waals surface area contributed by atoms with E-state index in [0.717, 1.165) is 22.5 Å². The molecule has 1 heterocycles. The summed E-state index contributed by atoms with van der Waals surface area (Å²) in [5.41, 5.74) is 11.5. The van der Waals surface area contributed by atoms with Crippen molar-refractivity contribution in [2.75, 3.05) is 5.73 Å². The summed E-state index contributed by atoms with van der Waals surface area (Å²) in [7, 11) is 0. The van der Waals surface area contributed by atoms with Crippen LogP contribution in [-0.4, -0.2) is 9.78 Å². The molecule has 100 valence electrons. The number of rotatable bonds is 2. The van der Waals surface area contributed by atoms with Crippen molar-refractivity contribution < 1.29 is 0 Å². The van der Waals surface area contributed by atoms with Crippen LogP contribution in [0.25, 0.3) is 16.9 Å². The molecule has 3 heteroatoms. The fourth-order valence-corrected chi connectivity index (χ4v) is 2.37. The molecule has 0 aliphatic carbocycles. The number of nitrogens with zero attached hydrogens (tertiary/aromatic N) is 2. The van der Waals surface area contributed by atoms with E-state index in [1.807, 2.05) is 49.4 Å². The fraction of sp³-hybridized carbons (Fsp3) is 0.118. The maximum atomic E-state index is 6.22. The van der Waals surface area contributed by atoms with E-state index in [1.54, 1.807) is 4.68 Å². The van der Waals surface area contributed by atoms with Crippen molar-refractivity contribution in [2.45, 2.75) is 13.8 Å². The minimum atomic E-state index is 0.689. The van der Waals surface area contributed by atoms with E-state index >= 15 is 0 Å². The van der Waals surface area contributed by atoms with Crippen LogP contribution in [-0.2, 0) is 0 Å². The molecule has 0 amide bonds. The molecule has 0 bridgehead atoms. The Morgan fingerprint density at radius 3 is 2.25 bits per heavy atom. The standard InChI is InChI=1S/C17H17N3/c1-12-8-6-7-11-15(12)16-13(2)17(18)20(19-16)14-9-4-3-5-10-14/h3-11H,18H2,1-2H3. The lowest BCUT2D eigenvalue weighted by Gasteiger charge is -2.03. The van der Waals surface area contributed by atoms with Crippen LogP contribution in [0.1, 0.15) is 11.1 Å². The number of aryl methyl sites for hydroxylation is 1. The maximum absolute atomic E-state index is 6.22. The van der Waals surface area contributed by atoms with Crippen LogP contribution in [0, 0.1) is 13.8 Å². The third-order valence-electron chi connectivity index (χ3n) is 3.57. The third-order valence-corrected chi connectivity index (χ3v) is 3.57. The zero-order valence-electron chi connectivity index (χ0n) is 11.7. The first kappa shape index (κ1) is 12.5. The Balaban J connectivity index is 2.19. The van der Waals surface area contributed by atoms with Gasteiger partial charge < -0.3 is 5.73 Å². The highest BCUT2D eigenvalue weighted by Gasteiger charge is 2.15. The topological polar surface area (TPSA) is 43.8 Å². The molecule has 0 unspecified atom stereocenters. The van der Waals surface area contributed by atoms with E-state index in [4.69, 9.17) is 10.8 Å². The van der Waals surface area contributed by atoms with Gasteiger partial charge >= 0.3 is 0 Å². The second kappa shape index (κ2) is 4.85. The number of aromatic nitrogens is 2. The second-order valence-corrected chi connectivity index (χ2v) is 4.92. The molecule has 0 atom stereocenters. The first-order valence-corrected chi connectivity index (χ1v) is 6.65. The molecule has 0 fully saturated rings. The zero-order valence-corrected chi connectivity index (χ0v) is 11.7. The molecule has 0 saturated heterocycles. The number of nitrogen functional groups attached to an aromatic ring is 1. The van der Waals surface area contributed by atoms with Gasteiger partial charge in [-0.05, 0) is 31.5 Å². The lowest BCUT2D eigenvalue weighted by Crippen LogP contribution is -2.01. The normalized spacial score (nSPS) is 10.7. The molecular weight excluding hydrogens is 246 g/mol. The third kappa shape index (κ3) is 1.97. The first-order chi connectivity index (χ1) is 9.68. The van der Waals surface area contributed by atoms with Gasteiger partial charge in [-0.25, -0.2) is 4.68 Å². The minimum Gasteiger partial charge on any atom is -0.383 e. The summed E-state index contributed by atoms with van der Waals surface area (Å²) >= 11 is 0. The van der Waals surface area contributed by atoms with Gasteiger partial charge in [0.15, 0.2) is 0 Å². The summed E-state index contributed by atoms with van der Waals surface area (Å²) < 4.78 is 1.80. The maximum Gasteiger partial charge on any atom is 0.130 e. The Bertz CT molecular complexity index is 742. The lowest BCUT2D eigenvalue weighted by molar-refractivity contribution is 0.894. The van der Waals surface area contributed by atoms with E-state index in [1.165, 1.54) is 5.56 Å². The SMILES string of the molecule is Cc1ccccc1-c1nn(-c2ccccc2)c(N)c1C. The molecule has 0 spiro atoms. The van der Waals surface area contributed by atoms with Crippen molar-refractivity contribution in [2.24, 2.45) is 0 Å². The summed E-state index contributed by atoms with van der Waals surface area (Å²) in [6.45, 7) is 4.11. The van der Waals surface area contributed by atoms with Gasteiger partial charge in [-0.1, -0.05) is 42.5 Å². The number of para-hydroxylation sites is 1. The Hall–Kier alpha value is -2.55. The van der Waals surface area contributed by atoms with Gasteiger partial charge in [0.05, 0.1) is 11.4 Å². The van der Waals surface area contributed by atoms with Crippen LogP contribution < -0.4 is 5.73 Å². The summed E-state index contributed by atoms with van der Waals surface area (Å²) in [4.78, 5) is 0. The van der Waals surface area contributed by atoms with Crippen LogP contribution in [0.15, 0.2) is 54.6 Å². The van der Waals surface area contributed by atoms with Crippen molar-refractivity contribution in [1.29, 1.82) is 0 Å². The van der Waals surface area contributed by atoms with Crippen LogP contribution in [0.5, 0.6) is 0 Å². The van der Waals surface area contributed by atoms with Crippen molar-refractivity contribution in [3.63, 3.8) is 0 Å². The summed E-state index contributed by atoms with van der Waals surface area (Å²) in [6, 6.07) is 18.2. The van der Waals surface area contributed by atoms with Gasteiger partial charge in [0, 0.05) is 11.1 Å². The van der Waals surface area contributed by atoms with E-state index in [2.05, 4.69) is 19.1 Å². The van der Waals surface area contributed by atoms with Gasteiger partial charge in [0.25, 0.3) is 0 Å². The van der Waals surface area contributed by atoms with Crippen LogP contribution >= 0.6 is 0 Å². The largest absolute Gasteiger partial charge is 0.383 e. The monoisotopic (exact) mass is 263 g/mol. The van der Waals surface area contributed by atoms with Crippen molar-refractivity contribution in [3.05, 3.63) is 65.7 Å². The van der Waals surface area contributed by atoms with Crippen molar-refractivity contribution in [1.82, 2.24) is 9.78 Å². The second-order valence-electron chi connectivity index (χ2n) is 4.92. The highest BCUT2D eigenvalue weighted by molar-refractivity contribution is 5.71. The Labute approximate surface area is 118 Å². The molecule has 0 radical (unpaired) electrons. The van der Waals surface area contributed by atoms with E-state index in [9.17, 15) is 0 Å². The van der Waals surface area contributed by atoms with E-state index < -0.39 is 0 Å². The van der Waals surface area contributed by atoms with E-state index in [-0.39, 0.29) is 0 Å². The molecular formula is C17H17N3. The Morgan fingerprint density at radius 1 is 0.900 bits per heavy atom. The Morgan fingerprint density at radius 2 is 1.55 bits per heavy atom. The Kier molecular flexibility index (Phi) is 3.03. The first-order valence-electron chi connectivity index (χ1n) is 6.65. The summed E-state index contributed by atoms with van der Waals surface area (Å²) in [5, 5.41) is 4.70. The number of benzene rings is 2. The van der Waals surface area contributed by atoms with E-state index in [0.29, 0.717) is 5.82 Å². The van der Waals surface area contributed by atoms with Crippen molar-refractivity contribution >= 4 is 5.82 Å². The molecule has 0 saturated carbocycles. The molecule has 1 aromatic heterocycles. The molecule has 0 aliphatic rings. The molecule has 3 nitrogen and oxygen atoms in total.